The Bertz CT molecular complexity index is 344. The molecule has 0 bridgehead atoms. The molecule has 1 fully saturated rings. The summed E-state index contributed by atoms with van der Waals surface area (Å²) in [6, 6.07) is -0.180. The molecule has 1 heterocycles. The average molecular weight is 286 g/mol. The molecular formula is C14H26N2O4. The van der Waals surface area contributed by atoms with Crippen molar-refractivity contribution in [3.05, 3.63) is 0 Å². The Morgan fingerprint density at radius 1 is 1.45 bits per heavy atom. The van der Waals surface area contributed by atoms with E-state index in [1.165, 1.54) is 0 Å². The Morgan fingerprint density at radius 3 is 2.75 bits per heavy atom. The van der Waals surface area contributed by atoms with Crippen molar-refractivity contribution in [2.45, 2.75) is 33.6 Å². The number of nitrogens with zero attached hydrogens (tertiary/aromatic N) is 1. The molecule has 0 radical (unpaired) electrons. The second-order valence-corrected chi connectivity index (χ2v) is 6.08. The summed E-state index contributed by atoms with van der Waals surface area (Å²) in [4.78, 5) is 24.6. The minimum Gasteiger partial charge on any atom is -0.481 e. The van der Waals surface area contributed by atoms with Crippen molar-refractivity contribution >= 4 is 12.0 Å². The summed E-state index contributed by atoms with van der Waals surface area (Å²) in [7, 11) is 0. The van der Waals surface area contributed by atoms with E-state index in [2.05, 4.69) is 5.32 Å². The lowest BCUT2D eigenvalue weighted by molar-refractivity contribution is -0.143. The van der Waals surface area contributed by atoms with Crippen LogP contribution in [0.25, 0.3) is 0 Å². The van der Waals surface area contributed by atoms with Crippen molar-refractivity contribution in [1.29, 1.82) is 0 Å². The number of carboxylic acids is 1. The summed E-state index contributed by atoms with van der Waals surface area (Å²) < 4.78 is 5.38. The summed E-state index contributed by atoms with van der Waals surface area (Å²) >= 11 is 0. The van der Waals surface area contributed by atoms with Crippen molar-refractivity contribution in [1.82, 2.24) is 10.2 Å². The molecule has 0 spiro atoms. The standard InChI is InChI=1S/C14H26N2O4/c1-4-20-10-14(2,3)9-15-13(19)16-7-5-6-11(8-16)12(17)18/h11H,4-10H2,1-3H3,(H,15,19)(H,17,18). The molecule has 6 nitrogen and oxygen atoms in total. The van der Waals surface area contributed by atoms with Crippen LogP contribution in [-0.2, 0) is 9.53 Å². The minimum absolute atomic E-state index is 0.131. The number of amides is 2. The number of aliphatic carboxylic acids is 1. The van der Waals surface area contributed by atoms with Crippen LogP contribution < -0.4 is 5.32 Å². The van der Waals surface area contributed by atoms with E-state index in [4.69, 9.17) is 9.84 Å². The highest BCUT2D eigenvalue weighted by atomic mass is 16.5. The maximum absolute atomic E-state index is 12.1. The number of carbonyl (C=O) groups excluding carboxylic acids is 1. The fourth-order valence-electron chi connectivity index (χ4n) is 2.22. The van der Waals surface area contributed by atoms with Crippen molar-refractivity contribution < 1.29 is 19.4 Å². The number of carbonyl (C=O) groups is 2. The molecule has 1 aliphatic heterocycles. The molecule has 0 aromatic heterocycles. The third-order valence-corrected chi connectivity index (χ3v) is 3.47. The van der Waals surface area contributed by atoms with Gasteiger partial charge in [0, 0.05) is 31.7 Å². The van der Waals surface area contributed by atoms with Gasteiger partial charge in [-0.05, 0) is 19.8 Å². The summed E-state index contributed by atoms with van der Waals surface area (Å²) in [5.74, 6) is -1.26. The first-order valence-electron chi connectivity index (χ1n) is 7.19. The molecule has 0 aliphatic carbocycles. The maximum atomic E-state index is 12.1. The van der Waals surface area contributed by atoms with E-state index in [0.717, 1.165) is 6.42 Å². The van der Waals surface area contributed by atoms with Crippen LogP contribution >= 0.6 is 0 Å². The lowest BCUT2D eigenvalue weighted by Crippen LogP contribution is -2.49. The highest BCUT2D eigenvalue weighted by molar-refractivity contribution is 5.76. The lowest BCUT2D eigenvalue weighted by atomic mass is 9.95. The zero-order valence-electron chi connectivity index (χ0n) is 12.6. The van der Waals surface area contributed by atoms with Crippen LogP contribution in [0.2, 0.25) is 0 Å². The fourth-order valence-corrected chi connectivity index (χ4v) is 2.22. The first kappa shape index (κ1) is 16.8. The van der Waals surface area contributed by atoms with Gasteiger partial charge in [-0.25, -0.2) is 4.79 Å². The Morgan fingerprint density at radius 2 is 2.15 bits per heavy atom. The molecule has 0 aromatic rings. The zero-order valence-corrected chi connectivity index (χ0v) is 12.6. The number of hydrogen-bond acceptors (Lipinski definition) is 3. The van der Waals surface area contributed by atoms with E-state index in [-0.39, 0.29) is 11.4 Å². The van der Waals surface area contributed by atoms with Gasteiger partial charge in [-0.1, -0.05) is 13.8 Å². The largest absolute Gasteiger partial charge is 0.481 e. The van der Waals surface area contributed by atoms with Crippen LogP contribution in [0.15, 0.2) is 0 Å². The number of piperidine rings is 1. The SMILES string of the molecule is CCOCC(C)(C)CNC(=O)N1CCCC(C(=O)O)C1. The monoisotopic (exact) mass is 286 g/mol. The van der Waals surface area contributed by atoms with Gasteiger partial charge in [0.15, 0.2) is 0 Å². The van der Waals surface area contributed by atoms with E-state index in [1.54, 1.807) is 4.90 Å². The van der Waals surface area contributed by atoms with Gasteiger partial charge in [0.1, 0.15) is 0 Å². The molecule has 1 saturated heterocycles. The predicted molar refractivity (Wildman–Crippen MR) is 75.6 cm³/mol. The number of rotatable bonds is 6. The number of hydrogen-bond donors (Lipinski definition) is 2. The van der Waals surface area contributed by atoms with Gasteiger partial charge in [0.05, 0.1) is 12.5 Å². The van der Waals surface area contributed by atoms with E-state index in [0.29, 0.717) is 39.3 Å². The molecule has 1 unspecified atom stereocenters. The molecule has 0 aromatic carbocycles. The highest BCUT2D eigenvalue weighted by Crippen LogP contribution is 2.18. The smallest absolute Gasteiger partial charge is 0.317 e. The van der Waals surface area contributed by atoms with Crippen LogP contribution in [0.3, 0.4) is 0 Å². The molecule has 20 heavy (non-hydrogen) atoms. The van der Waals surface area contributed by atoms with Gasteiger partial charge in [0.2, 0.25) is 0 Å². The number of urea groups is 1. The van der Waals surface area contributed by atoms with Gasteiger partial charge >= 0.3 is 12.0 Å². The summed E-state index contributed by atoms with van der Waals surface area (Å²) in [5.41, 5.74) is -0.131. The summed E-state index contributed by atoms with van der Waals surface area (Å²) in [6.07, 6.45) is 1.39. The van der Waals surface area contributed by atoms with Crippen molar-refractivity contribution in [3.63, 3.8) is 0 Å². The predicted octanol–water partition coefficient (Wildman–Crippen LogP) is 1.56. The number of ether oxygens (including phenoxy) is 1. The topological polar surface area (TPSA) is 78.9 Å². The molecule has 6 heteroatoms. The second kappa shape index (κ2) is 7.47. The van der Waals surface area contributed by atoms with E-state index in [9.17, 15) is 9.59 Å². The number of carboxylic acid groups (broad SMARTS) is 1. The van der Waals surface area contributed by atoms with Gasteiger partial charge in [0.25, 0.3) is 0 Å². The summed E-state index contributed by atoms with van der Waals surface area (Å²) in [6.45, 7) is 8.67. The van der Waals surface area contributed by atoms with Gasteiger partial charge in [-0.2, -0.15) is 0 Å². The van der Waals surface area contributed by atoms with Crippen LogP contribution in [0, 0.1) is 11.3 Å². The Balaban J connectivity index is 2.40. The first-order chi connectivity index (χ1) is 9.35. The van der Waals surface area contributed by atoms with Gasteiger partial charge in [-0.15, -0.1) is 0 Å². The fraction of sp³-hybridized carbons (Fsp3) is 0.857. The van der Waals surface area contributed by atoms with Crippen LogP contribution in [0.4, 0.5) is 4.79 Å². The van der Waals surface area contributed by atoms with Crippen LogP contribution in [-0.4, -0.2) is 54.9 Å². The minimum atomic E-state index is -0.820. The molecule has 1 atom stereocenters. The van der Waals surface area contributed by atoms with E-state index in [1.807, 2.05) is 20.8 Å². The Labute approximate surface area is 120 Å². The Kier molecular flexibility index (Phi) is 6.26. The molecule has 2 N–H and O–H groups in total. The Hall–Kier alpha value is -1.30. The average Bonchev–Trinajstić information content (AvgIpc) is 2.43. The highest BCUT2D eigenvalue weighted by Gasteiger charge is 2.29. The summed E-state index contributed by atoms with van der Waals surface area (Å²) in [5, 5.41) is 11.9. The molecule has 116 valence electrons. The van der Waals surface area contributed by atoms with Crippen molar-refractivity contribution in [2.75, 3.05) is 32.8 Å². The maximum Gasteiger partial charge on any atom is 0.317 e. The zero-order chi connectivity index (χ0) is 15.2. The van der Waals surface area contributed by atoms with Crippen molar-refractivity contribution in [3.8, 4) is 0 Å². The van der Waals surface area contributed by atoms with Gasteiger partial charge < -0.3 is 20.1 Å². The van der Waals surface area contributed by atoms with Gasteiger partial charge in [-0.3, -0.25) is 4.79 Å². The third-order valence-electron chi connectivity index (χ3n) is 3.47. The first-order valence-corrected chi connectivity index (χ1v) is 7.19. The molecule has 1 rings (SSSR count). The third kappa shape index (κ3) is 5.36. The second-order valence-electron chi connectivity index (χ2n) is 6.08. The number of likely N-dealkylation sites (tertiary alicyclic amines) is 1. The van der Waals surface area contributed by atoms with Crippen LogP contribution in [0.1, 0.15) is 33.6 Å². The van der Waals surface area contributed by atoms with E-state index < -0.39 is 11.9 Å². The van der Waals surface area contributed by atoms with Crippen molar-refractivity contribution in [2.24, 2.45) is 11.3 Å². The normalized spacial score (nSPS) is 19.8. The molecule has 2 amide bonds. The molecule has 0 saturated carbocycles. The number of nitrogens with one attached hydrogen (secondary N) is 1. The van der Waals surface area contributed by atoms with E-state index >= 15 is 0 Å². The molecular weight excluding hydrogens is 260 g/mol. The lowest BCUT2D eigenvalue weighted by Gasteiger charge is -2.32. The quantitative estimate of drug-likeness (QED) is 0.776. The van der Waals surface area contributed by atoms with Crippen LogP contribution in [0.5, 0.6) is 0 Å². The molecule has 1 aliphatic rings.